The number of hydrogen-bond acceptors (Lipinski definition) is 4. The average molecular weight is 350 g/mol. The van der Waals surface area contributed by atoms with Gasteiger partial charge in [-0.2, -0.15) is 0 Å². The molecule has 6 heteroatoms. The Morgan fingerprint density at radius 3 is 2.35 bits per heavy atom. The zero-order chi connectivity index (χ0) is 18.4. The predicted molar refractivity (Wildman–Crippen MR) is 98.8 cm³/mol. The molecule has 2 aromatic carbocycles. The van der Waals surface area contributed by atoms with E-state index in [1.54, 1.807) is 49.7 Å². The minimum atomic E-state index is -0.281. The maximum atomic E-state index is 12.1. The lowest BCUT2D eigenvalue weighted by molar-refractivity contribution is -0.116. The van der Waals surface area contributed by atoms with Gasteiger partial charge in [-0.3, -0.25) is 9.59 Å². The number of carbonyl (C=O) groups is 1. The van der Waals surface area contributed by atoms with Gasteiger partial charge in [0.1, 0.15) is 12.3 Å². The third kappa shape index (κ3) is 4.30. The summed E-state index contributed by atoms with van der Waals surface area (Å²) in [6.45, 7) is -0.0425. The summed E-state index contributed by atoms with van der Waals surface area (Å²) in [6, 6.07) is 19.1. The molecule has 0 unspecified atom stereocenters. The van der Waals surface area contributed by atoms with Crippen LogP contribution in [0.4, 0.5) is 5.69 Å². The van der Waals surface area contributed by atoms with Crippen molar-refractivity contribution in [2.75, 3.05) is 12.4 Å². The Kier molecular flexibility index (Phi) is 5.34. The van der Waals surface area contributed by atoms with Crippen LogP contribution < -0.4 is 20.3 Å². The molecule has 132 valence electrons. The van der Waals surface area contributed by atoms with Crippen LogP contribution >= 0.6 is 0 Å². The van der Waals surface area contributed by atoms with E-state index in [2.05, 4.69) is 5.32 Å². The van der Waals surface area contributed by atoms with Crippen molar-refractivity contribution < 1.29 is 14.3 Å². The van der Waals surface area contributed by atoms with E-state index in [1.807, 2.05) is 24.3 Å². The molecular formula is C20H18N2O4. The van der Waals surface area contributed by atoms with E-state index >= 15 is 0 Å². The topological polar surface area (TPSA) is 69.6 Å². The van der Waals surface area contributed by atoms with Crippen LogP contribution in [0.25, 0.3) is 0 Å². The van der Waals surface area contributed by atoms with Crippen LogP contribution in [0.1, 0.15) is 0 Å². The SMILES string of the molecule is COc1ccccc1Oc1ccc(NC(=O)Cn2ccccc2=O)cc1. The first-order chi connectivity index (χ1) is 12.7. The second-order valence-corrected chi connectivity index (χ2v) is 5.49. The van der Waals surface area contributed by atoms with Gasteiger partial charge < -0.3 is 19.4 Å². The molecule has 26 heavy (non-hydrogen) atoms. The molecule has 0 saturated heterocycles. The number of aromatic nitrogens is 1. The molecule has 3 rings (SSSR count). The molecule has 0 bridgehead atoms. The summed E-state index contributed by atoms with van der Waals surface area (Å²) < 4.78 is 12.4. The van der Waals surface area contributed by atoms with Crippen LogP contribution in [0.3, 0.4) is 0 Å². The number of ether oxygens (including phenoxy) is 2. The zero-order valence-electron chi connectivity index (χ0n) is 14.2. The Bertz CT molecular complexity index is 948. The summed E-state index contributed by atoms with van der Waals surface area (Å²) in [5, 5.41) is 2.75. The fourth-order valence-corrected chi connectivity index (χ4v) is 2.38. The number of para-hydroxylation sites is 2. The van der Waals surface area contributed by atoms with Crippen LogP contribution in [0.5, 0.6) is 17.2 Å². The van der Waals surface area contributed by atoms with Crippen molar-refractivity contribution in [1.29, 1.82) is 0 Å². The highest BCUT2D eigenvalue weighted by molar-refractivity contribution is 5.90. The third-order valence-electron chi connectivity index (χ3n) is 3.65. The van der Waals surface area contributed by atoms with Crippen molar-refractivity contribution in [3.8, 4) is 17.2 Å². The second-order valence-electron chi connectivity index (χ2n) is 5.49. The summed E-state index contributed by atoms with van der Waals surface area (Å²) in [4.78, 5) is 23.7. The molecule has 0 radical (unpaired) electrons. The summed E-state index contributed by atoms with van der Waals surface area (Å²) in [6.07, 6.45) is 1.58. The molecule has 0 aliphatic heterocycles. The van der Waals surface area contributed by atoms with Gasteiger partial charge in [0.25, 0.3) is 5.56 Å². The van der Waals surface area contributed by atoms with Crippen LogP contribution in [0.2, 0.25) is 0 Å². The highest BCUT2D eigenvalue weighted by Gasteiger charge is 2.07. The zero-order valence-corrected chi connectivity index (χ0v) is 14.2. The van der Waals surface area contributed by atoms with Crippen molar-refractivity contribution in [1.82, 2.24) is 4.57 Å². The van der Waals surface area contributed by atoms with Crippen molar-refractivity contribution in [2.24, 2.45) is 0 Å². The second kappa shape index (κ2) is 8.02. The van der Waals surface area contributed by atoms with E-state index in [0.29, 0.717) is 22.9 Å². The van der Waals surface area contributed by atoms with Crippen molar-refractivity contribution in [2.45, 2.75) is 6.54 Å². The first-order valence-electron chi connectivity index (χ1n) is 8.02. The van der Waals surface area contributed by atoms with E-state index < -0.39 is 0 Å². The number of benzene rings is 2. The summed E-state index contributed by atoms with van der Waals surface area (Å²) in [7, 11) is 1.58. The van der Waals surface area contributed by atoms with Gasteiger partial charge in [-0.15, -0.1) is 0 Å². The maximum absolute atomic E-state index is 12.1. The molecule has 0 aliphatic carbocycles. The lowest BCUT2D eigenvalue weighted by Gasteiger charge is -2.11. The number of rotatable bonds is 6. The molecule has 0 aliphatic rings. The normalized spacial score (nSPS) is 10.2. The molecular weight excluding hydrogens is 332 g/mol. The molecule has 6 nitrogen and oxygen atoms in total. The van der Waals surface area contributed by atoms with E-state index in [4.69, 9.17) is 9.47 Å². The van der Waals surface area contributed by atoms with Gasteiger partial charge in [0.2, 0.25) is 5.91 Å². The predicted octanol–water partition coefficient (Wildman–Crippen LogP) is 3.29. The van der Waals surface area contributed by atoms with Crippen LogP contribution in [0, 0.1) is 0 Å². The fraction of sp³-hybridized carbons (Fsp3) is 0.100. The van der Waals surface area contributed by atoms with Gasteiger partial charge in [0.15, 0.2) is 11.5 Å². The van der Waals surface area contributed by atoms with Gasteiger partial charge in [0.05, 0.1) is 7.11 Å². The Morgan fingerprint density at radius 1 is 0.962 bits per heavy atom. The number of carbonyl (C=O) groups excluding carboxylic acids is 1. The van der Waals surface area contributed by atoms with Gasteiger partial charge >= 0.3 is 0 Å². The largest absolute Gasteiger partial charge is 0.493 e. The summed E-state index contributed by atoms with van der Waals surface area (Å²) in [5.74, 6) is 1.58. The molecule has 1 aromatic heterocycles. The molecule has 0 fully saturated rings. The first kappa shape index (κ1) is 17.3. The van der Waals surface area contributed by atoms with E-state index in [-0.39, 0.29) is 18.0 Å². The summed E-state index contributed by atoms with van der Waals surface area (Å²) >= 11 is 0. The lowest BCUT2D eigenvalue weighted by Crippen LogP contribution is -2.26. The Morgan fingerprint density at radius 2 is 1.65 bits per heavy atom. The smallest absolute Gasteiger partial charge is 0.250 e. The molecule has 1 N–H and O–H groups in total. The van der Waals surface area contributed by atoms with Gasteiger partial charge in [-0.1, -0.05) is 18.2 Å². The van der Waals surface area contributed by atoms with Gasteiger partial charge in [-0.25, -0.2) is 0 Å². The number of pyridine rings is 1. The van der Waals surface area contributed by atoms with Gasteiger partial charge in [-0.05, 0) is 42.5 Å². The lowest BCUT2D eigenvalue weighted by atomic mass is 10.3. The quantitative estimate of drug-likeness (QED) is 0.741. The summed E-state index contributed by atoms with van der Waals surface area (Å²) in [5.41, 5.74) is 0.398. The Balaban J connectivity index is 1.63. The molecule has 1 amide bonds. The standard InChI is InChI=1S/C20H18N2O4/c1-25-17-6-2-3-7-18(17)26-16-11-9-15(10-12-16)21-19(23)14-22-13-5-4-8-20(22)24/h2-13H,14H2,1H3,(H,21,23). The van der Waals surface area contributed by atoms with E-state index in [0.717, 1.165) is 0 Å². The van der Waals surface area contributed by atoms with E-state index in [9.17, 15) is 9.59 Å². The van der Waals surface area contributed by atoms with Crippen molar-refractivity contribution in [3.63, 3.8) is 0 Å². The number of hydrogen-bond donors (Lipinski definition) is 1. The highest BCUT2D eigenvalue weighted by Crippen LogP contribution is 2.31. The number of methoxy groups -OCH3 is 1. The minimum absolute atomic E-state index is 0.0425. The average Bonchev–Trinajstić information content (AvgIpc) is 2.66. The first-order valence-corrected chi connectivity index (χ1v) is 8.02. The van der Waals surface area contributed by atoms with Gasteiger partial charge in [0, 0.05) is 18.0 Å². The van der Waals surface area contributed by atoms with Crippen LogP contribution in [-0.4, -0.2) is 17.6 Å². The molecule has 3 aromatic rings. The number of nitrogens with zero attached hydrogens (tertiary/aromatic N) is 1. The van der Waals surface area contributed by atoms with Crippen molar-refractivity contribution >= 4 is 11.6 Å². The molecule has 1 heterocycles. The molecule has 0 atom stereocenters. The Labute approximate surface area is 150 Å². The third-order valence-corrected chi connectivity index (χ3v) is 3.65. The number of nitrogens with one attached hydrogen (secondary N) is 1. The fourth-order valence-electron chi connectivity index (χ4n) is 2.38. The minimum Gasteiger partial charge on any atom is -0.493 e. The maximum Gasteiger partial charge on any atom is 0.250 e. The number of anilines is 1. The van der Waals surface area contributed by atoms with Crippen LogP contribution in [0.15, 0.2) is 77.7 Å². The van der Waals surface area contributed by atoms with Crippen LogP contribution in [-0.2, 0) is 11.3 Å². The molecule has 0 spiro atoms. The molecule has 0 saturated carbocycles. The highest BCUT2D eigenvalue weighted by atomic mass is 16.5. The monoisotopic (exact) mass is 350 g/mol. The Hall–Kier alpha value is -3.54. The van der Waals surface area contributed by atoms with E-state index in [1.165, 1.54) is 10.6 Å². The van der Waals surface area contributed by atoms with Crippen molar-refractivity contribution in [3.05, 3.63) is 83.3 Å². The number of amides is 1.